The van der Waals surface area contributed by atoms with E-state index in [0.717, 1.165) is 35.6 Å². The Hall–Kier alpha value is -2.54. The van der Waals surface area contributed by atoms with Gasteiger partial charge < -0.3 is 15.5 Å². The third-order valence-electron chi connectivity index (χ3n) is 6.02. The molecule has 3 amide bonds. The molecule has 7 heteroatoms. The highest BCUT2D eigenvalue weighted by atomic mass is 32.2. The van der Waals surface area contributed by atoms with Crippen molar-refractivity contribution in [1.29, 1.82) is 0 Å². The van der Waals surface area contributed by atoms with Crippen molar-refractivity contribution in [2.24, 2.45) is 0 Å². The summed E-state index contributed by atoms with van der Waals surface area (Å²) in [5.41, 5.74) is 0.701. The zero-order chi connectivity index (χ0) is 21.5. The Morgan fingerprint density at radius 2 is 1.55 bits per heavy atom. The van der Waals surface area contributed by atoms with Crippen molar-refractivity contribution >= 4 is 23.7 Å². The van der Waals surface area contributed by atoms with E-state index in [1.165, 1.54) is 19.3 Å². The summed E-state index contributed by atoms with van der Waals surface area (Å²) in [5.74, 6) is 0.0551. The lowest BCUT2D eigenvalue weighted by molar-refractivity contribution is 0.0708. The van der Waals surface area contributed by atoms with Gasteiger partial charge in [-0.05, 0) is 62.1 Å². The summed E-state index contributed by atoms with van der Waals surface area (Å²) in [6, 6.07) is 13.9. The summed E-state index contributed by atoms with van der Waals surface area (Å²) in [6.07, 6.45) is 9.20. The fourth-order valence-electron chi connectivity index (χ4n) is 4.26. The van der Waals surface area contributed by atoms with E-state index in [1.54, 1.807) is 18.0 Å². The van der Waals surface area contributed by atoms with E-state index in [2.05, 4.69) is 15.6 Å². The molecule has 1 aromatic carbocycles. The van der Waals surface area contributed by atoms with E-state index >= 15 is 0 Å². The average molecular weight is 439 g/mol. The zero-order valence-electron chi connectivity index (χ0n) is 17.8. The molecule has 0 spiro atoms. The molecule has 164 valence electrons. The third kappa shape index (κ3) is 6.23. The fraction of sp³-hybridized carbons (Fsp3) is 0.458. The Bertz CT molecular complexity index is 861. The van der Waals surface area contributed by atoms with Gasteiger partial charge >= 0.3 is 6.03 Å². The highest BCUT2D eigenvalue weighted by Gasteiger charge is 2.25. The molecule has 0 atom stereocenters. The predicted octanol–water partition coefficient (Wildman–Crippen LogP) is 4.47. The lowest BCUT2D eigenvalue weighted by Gasteiger charge is -2.33. The van der Waals surface area contributed by atoms with Gasteiger partial charge in [0.2, 0.25) is 0 Å². The van der Waals surface area contributed by atoms with Crippen molar-refractivity contribution in [2.45, 2.75) is 67.0 Å². The minimum Gasteiger partial charge on any atom is -0.338 e. The first-order valence-electron chi connectivity index (χ1n) is 11.2. The molecule has 1 aliphatic heterocycles. The van der Waals surface area contributed by atoms with Crippen LogP contribution in [-0.4, -0.2) is 47.0 Å². The quantitative estimate of drug-likeness (QED) is 0.722. The van der Waals surface area contributed by atoms with Crippen molar-refractivity contribution in [3.63, 3.8) is 0 Å². The zero-order valence-corrected chi connectivity index (χ0v) is 18.6. The number of amides is 3. The molecule has 2 N–H and O–H groups in total. The van der Waals surface area contributed by atoms with E-state index < -0.39 is 0 Å². The van der Waals surface area contributed by atoms with Crippen LogP contribution in [-0.2, 0) is 0 Å². The van der Waals surface area contributed by atoms with Crippen LogP contribution in [0.25, 0.3) is 0 Å². The molecule has 4 rings (SSSR count). The second-order valence-corrected chi connectivity index (χ2v) is 9.41. The Balaban J connectivity index is 1.23. The number of pyridine rings is 1. The van der Waals surface area contributed by atoms with Crippen LogP contribution in [0.2, 0.25) is 0 Å². The number of nitrogens with one attached hydrogen (secondary N) is 2. The first-order valence-corrected chi connectivity index (χ1v) is 12.0. The molecule has 0 radical (unpaired) electrons. The SMILES string of the molecule is O=C(NC1CCCCC1)NC1CCN(C(=O)c2ccc(Sc3ccccn3)cc2)CC1. The maximum atomic E-state index is 12.9. The average Bonchev–Trinajstić information content (AvgIpc) is 2.81. The van der Waals surface area contributed by atoms with Gasteiger partial charge in [-0.15, -0.1) is 0 Å². The number of hydrogen-bond donors (Lipinski definition) is 2. The number of carbonyl (C=O) groups excluding carboxylic acids is 2. The fourth-order valence-corrected chi connectivity index (χ4v) is 5.04. The molecule has 0 bridgehead atoms. The molecule has 2 aromatic rings. The summed E-state index contributed by atoms with van der Waals surface area (Å²) in [7, 11) is 0. The van der Waals surface area contributed by atoms with Crippen molar-refractivity contribution < 1.29 is 9.59 Å². The molecule has 1 aromatic heterocycles. The van der Waals surface area contributed by atoms with Crippen LogP contribution in [0.4, 0.5) is 4.79 Å². The number of rotatable bonds is 5. The van der Waals surface area contributed by atoms with Crippen molar-refractivity contribution in [2.75, 3.05) is 13.1 Å². The van der Waals surface area contributed by atoms with Crippen molar-refractivity contribution in [3.8, 4) is 0 Å². The standard InChI is InChI=1S/C24H30N4O2S/c29-23(18-9-11-21(12-10-18)31-22-8-4-5-15-25-22)28-16-13-20(14-17-28)27-24(30)26-19-6-2-1-3-7-19/h4-5,8-12,15,19-20H,1-3,6-7,13-14,16-17H2,(H2,26,27,30). The molecule has 2 aliphatic rings. The van der Waals surface area contributed by atoms with E-state index in [-0.39, 0.29) is 18.0 Å². The highest BCUT2D eigenvalue weighted by Crippen LogP contribution is 2.26. The van der Waals surface area contributed by atoms with E-state index in [0.29, 0.717) is 24.7 Å². The van der Waals surface area contributed by atoms with Gasteiger partial charge in [0.25, 0.3) is 5.91 Å². The number of nitrogens with zero attached hydrogens (tertiary/aromatic N) is 2. The van der Waals surface area contributed by atoms with Gasteiger partial charge in [-0.1, -0.05) is 37.1 Å². The topological polar surface area (TPSA) is 74.3 Å². The number of benzene rings is 1. The van der Waals surface area contributed by atoms with Crippen LogP contribution in [0.3, 0.4) is 0 Å². The number of urea groups is 1. The summed E-state index contributed by atoms with van der Waals surface area (Å²) >= 11 is 1.58. The monoisotopic (exact) mass is 438 g/mol. The minimum atomic E-state index is -0.0577. The van der Waals surface area contributed by atoms with Gasteiger partial charge in [0.1, 0.15) is 5.03 Å². The maximum absolute atomic E-state index is 12.9. The molecule has 1 aliphatic carbocycles. The molecule has 2 fully saturated rings. The summed E-state index contributed by atoms with van der Waals surface area (Å²) in [5, 5.41) is 7.14. The van der Waals surface area contributed by atoms with Gasteiger partial charge in [-0.25, -0.2) is 9.78 Å². The molecular formula is C24H30N4O2S. The van der Waals surface area contributed by atoms with Crippen LogP contribution in [0.1, 0.15) is 55.3 Å². The smallest absolute Gasteiger partial charge is 0.315 e. The minimum absolute atomic E-state index is 0.0551. The number of likely N-dealkylation sites (tertiary alicyclic amines) is 1. The summed E-state index contributed by atoms with van der Waals surface area (Å²) in [6.45, 7) is 1.33. The Morgan fingerprint density at radius 3 is 2.19 bits per heavy atom. The van der Waals surface area contributed by atoms with E-state index in [9.17, 15) is 9.59 Å². The van der Waals surface area contributed by atoms with Gasteiger partial charge in [-0.2, -0.15) is 0 Å². The molecular weight excluding hydrogens is 408 g/mol. The van der Waals surface area contributed by atoms with Gasteiger partial charge in [0.05, 0.1) is 0 Å². The Labute approximate surface area is 188 Å². The van der Waals surface area contributed by atoms with Crippen LogP contribution in [0, 0.1) is 0 Å². The van der Waals surface area contributed by atoms with E-state index in [1.807, 2.05) is 47.4 Å². The van der Waals surface area contributed by atoms with Gasteiger partial charge in [0.15, 0.2) is 0 Å². The van der Waals surface area contributed by atoms with Crippen molar-refractivity contribution in [1.82, 2.24) is 20.5 Å². The Morgan fingerprint density at radius 1 is 0.871 bits per heavy atom. The second kappa shape index (κ2) is 10.7. The van der Waals surface area contributed by atoms with Crippen LogP contribution in [0.5, 0.6) is 0 Å². The highest BCUT2D eigenvalue weighted by molar-refractivity contribution is 7.99. The van der Waals surface area contributed by atoms with Crippen LogP contribution >= 0.6 is 11.8 Å². The first kappa shape index (κ1) is 21.7. The number of hydrogen-bond acceptors (Lipinski definition) is 4. The van der Waals surface area contributed by atoms with Crippen LogP contribution < -0.4 is 10.6 Å². The predicted molar refractivity (Wildman–Crippen MR) is 122 cm³/mol. The molecule has 31 heavy (non-hydrogen) atoms. The summed E-state index contributed by atoms with van der Waals surface area (Å²) in [4.78, 5) is 32.4. The lowest BCUT2D eigenvalue weighted by Crippen LogP contribution is -2.51. The maximum Gasteiger partial charge on any atom is 0.315 e. The number of piperidine rings is 1. The molecule has 6 nitrogen and oxygen atoms in total. The summed E-state index contributed by atoms with van der Waals surface area (Å²) < 4.78 is 0. The second-order valence-electron chi connectivity index (χ2n) is 8.31. The number of aromatic nitrogens is 1. The lowest BCUT2D eigenvalue weighted by atomic mass is 9.96. The normalized spacial score (nSPS) is 17.9. The van der Waals surface area contributed by atoms with Crippen molar-refractivity contribution in [3.05, 3.63) is 54.2 Å². The van der Waals surface area contributed by atoms with Gasteiger partial charge in [0, 0.05) is 41.8 Å². The first-order chi connectivity index (χ1) is 15.2. The molecule has 0 unspecified atom stereocenters. The number of carbonyl (C=O) groups is 2. The van der Waals surface area contributed by atoms with Crippen LogP contribution in [0.15, 0.2) is 58.6 Å². The Kier molecular flexibility index (Phi) is 7.46. The van der Waals surface area contributed by atoms with E-state index in [4.69, 9.17) is 0 Å². The third-order valence-corrected chi connectivity index (χ3v) is 6.98. The molecule has 2 heterocycles. The van der Waals surface area contributed by atoms with Gasteiger partial charge in [-0.3, -0.25) is 4.79 Å². The largest absolute Gasteiger partial charge is 0.338 e. The molecule has 1 saturated carbocycles. The molecule has 1 saturated heterocycles.